The number of carboxylic acid groups (broad SMARTS) is 1. The molecule has 1 unspecified atom stereocenters. The van der Waals surface area contributed by atoms with Crippen LogP contribution < -0.4 is 10.3 Å². The number of nitrogens with one attached hydrogen (secondary N) is 1. The van der Waals surface area contributed by atoms with Gasteiger partial charge in [-0.25, -0.2) is 9.59 Å². The van der Waals surface area contributed by atoms with Gasteiger partial charge in [-0.3, -0.25) is 14.9 Å². The van der Waals surface area contributed by atoms with Crippen LogP contribution in [0.2, 0.25) is 18.1 Å². The van der Waals surface area contributed by atoms with Gasteiger partial charge in [0.05, 0.1) is 29.7 Å². The minimum absolute atomic E-state index is 0.0618. The van der Waals surface area contributed by atoms with E-state index in [0.717, 1.165) is 24.8 Å². The van der Waals surface area contributed by atoms with E-state index in [4.69, 9.17) is 18.6 Å². The average Bonchev–Trinajstić information content (AvgIpc) is 3.01. The Hall–Kier alpha value is -4.27. The molecule has 0 fully saturated rings. The lowest BCUT2D eigenvalue weighted by Crippen LogP contribution is -2.45. The van der Waals surface area contributed by atoms with Crippen LogP contribution in [0.25, 0.3) is 10.9 Å². The number of aromatic nitrogens is 1. The average molecular weight is 728 g/mol. The molecule has 280 valence electrons. The third-order valence-corrected chi connectivity index (χ3v) is 13.4. The van der Waals surface area contributed by atoms with E-state index in [-0.39, 0.29) is 28.5 Å². The lowest BCUT2D eigenvalue weighted by Gasteiger charge is -2.40. The van der Waals surface area contributed by atoms with Crippen LogP contribution in [-0.4, -0.2) is 72.4 Å². The molecule has 3 aromatic rings. The van der Waals surface area contributed by atoms with Crippen LogP contribution in [0.5, 0.6) is 5.75 Å². The van der Waals surface area contributed by atoms with Gasteiger partial charge in [0.15, 0.2) is 14.1 Å². The number of nitro groups is 1. The van der Waals surface area contributed by atoms with Crippen LogP contribution >= 0.6 is 0 Å². The predicted octanol–water partition coefficient (Wildman–Crippen LogP) is 8.61. The molecule has 1 aromatic heterocycles. The molecule has 0 aliphatic carbocycles. The van der Waals surface area contributed by atoms with Gasteiger partial charge in [-0.1, -0.05) is 51.8 Å². The number of rotatable bonds is 17. The molecule has 51 heavy (non-hydrogen) atoms. The van der Waals surface area contributed by atoms with Gasteiger partial charge < -0.3 is 33.6 Å². The Morgan fingerprint density at radius 3 is 2.22 bits per heavy atom. The van der Waals surface area contributed by atoms with Crippen LogP contribution in [0.3, 0.4) is 0 Å². The van der Waals surface area contributed by atoms with E-state index in [1.165, 1.54) is 23.1 Å². The van der Waals surface area contributed by atoms with Crippen molar-refractivity contribution in [1.82, 2.24) is 9.88 Å². The zero-order chi connectivity index (χ0) is 38.0. The molecule has 0 aliphatic heterocycles. The maximum atomic E-state index is 12.5. The van der Waals surface area contributed by atoms with E-state index in [1.807, 2.05) is 0 Å². The zero-order valence-corrected chi connectivity index (χ0v) is 32.1. The number of unbranched alkanes of at least 4 members (excludes halogenated alkanes) is 3. The first-order valence-corrected chi connectivity index (χ1v) is 20.2. The van der Waals surface area contributed by atoms with Gasteiger partial charge in [0.25, 0.3) is 5.69 Å². The van der Waals surface area contributed by atoms with Crippen molar-refractivity contribution in [1.29, 1.82) is 0 Å². The SMILES string of the molecule is CC(C)(C)OC(=O)Oc1ccc(C(CN(CCCCCCOCCc2ccc([N+](=O)[O-])cc2)C(=O)O)O[Si](C)(C)C(C)(C)C)c2ccc(=O)[nH]c12. The molecule has 1 amide bonds. The second-order valence-corrected chi connectivity index (χ2v) is 19.9. The number of nitrogens with zero attached hydrogens (tertiary/aromatic N) is 2. The molecule has 2 aromatic carbocycles. The van der Waals surface area contributed by atoms with Crippen molar-refractivity contribution in [2.45, 2.75) is 103 Å². The number of pyridine rings is 1. The summed E-state index contributed by atoms with van der Waals surface area (Å²) in [6, 6.07) is 12.8. The van der Waals surface area contributed by atoms with Crippen molar-refractivity contribution in [2.75, 3.05) is 26.3 Å². The maximum absolute atomic E-state index is 12.5. The fourth-order valence-corrected chi connectivity index (χ4v) is 6.37. The number of amides is 1. The summed E-state index contributed by atoms with van der Waals surface area (Å²) < 4.78 is 23.5. The Morgan fingerprint density at radius 1 is 0.941 bits per heavy atom. The normalized spacial score (nSPS) is 12.8. The van der Waals surface area contributed by atoms with Crippen molar-refractivity contribution >= 4 is 37.2 Å². The number of aromatic amines is 1. The molecule has 0 bridgehead atoms. The lowest BCUT2D eigenvalue weighted by atomic mass is 10.0. The highest BCUT2D eigenvalue weighted by Crippen LogP contribution is 2.41. The van der Waals surface area contributed by atoms with Gasteiger partial charge >= 0.3 is 12.2 Å². The van der Waals surface area contributed by atoms with Crippen molar-refractivity contribution in [3.8, 4) is 5.75 Å². The van der Waals surface area contributed by atoms with E-state index in [1.54, 1.807) is 51.1 Å². The summed E-state index contributed by atoms with van der Waals surface area (Å²) >= 11 is 0. The molecule has 0 radical (unpaired) electrons. The van der Waals surface area contributed by atoms with Crippen LogP contribution in [0.4, 0.5) is 15.3 Å². The van der Waals surface area contributed by atoms with Gasteiger partial charge in [0, 0.05) is 36.7 Å². The molecule has 3 rings (SSSR count). The number of nitro benzene ring substituents is 1. The Kier molecular flexibility index (Phi) is 14.3. The number of carbonyl (C=O) groups excluding carboxylic acids is 1. The summed E-state index contributed by atoms with van der Waals surface area (Å²) in [6.45, 7) is 17.1. The number of H-pyrrole nitrogens is 1. The molecule has 14 heteroatoms. The Morgan fingerprint density at radius 2 is 1.61 bits per heavy atom. The van der Waals surface area contributed by atoms with Gasteiger partial charge in [-0.15, -0.1) is 0 Å². The van der Waals surface area contributed by atoms with E-state index < -0.39 is 42.8 Å². The summed E-state index contributed by atoms with van der Waals surface area (Å²) in [6.07, 6.45) is 1.17. The zero-order valence-electron chi connectivity index (χ0n) is 31.1. The highest BCUT2D eigenvalue weighted by Gasteiger charge is 2.40. The van der Waals surface area contributed by atoms with E-state index >= 15 is 0 Å². The minimum atomic E-state index is -2.44. The summed E-state index contributed by atoms with van der Waals surface area (Å²) in [7, 11) is -2.44. The largest absolute Gasteiger partial charge is 0.514 e. The summed E-state index contributed by atoms with van der Waals surface area (Å²) in [5.41, 5.74) is 0.807. The second kappa shape index (κ2) is 17.8. The molecule has 0 saturated carbocycles. The number of carbonyl (C=O) groups is 2. The smallest absolute Gasteiger partial charge is 0.465 e. The van der Waals surface area contributed by atoms with Crippen molar-refractivity contribution in [2.24, 2.45) is 0 Å². The fraction of sp³-hybridized carbons (Fsp3) is 0.541. The monoisotopic (exact) mass is 727 g/mol. The Bertz CT molecular complexity index is 1690. The second-order valence-electron chi connectivity index (χ2n) is 15.1. The first-order valence-electron chi connectivity index (χ1n) is 17.3. The molecule has 0 aliphatic rings. The summed E-state index contributed by atoms with van der Waals surface area (Å²) in [5, 5.41) is 21.5. The standard InChI is InChI=1S/C37H53N3O10Si/c1-36(2,3)49-35(44)48-30-19-17-28(29-18-20-32(41)38-33(29)30)31(50-51(7,8)37(4,5)6)25-39(34(42)43)22-11-9-10-12-23-47-24-21-26-13-15-27(16-14-26)40(45)46/h13-20,31H,9-12,21-25H2,1-8H3,(H,38,41)(H,42,43). The van der Waals surface area contributed by atoms with Gasteiger partial charge in [-0.2, -0.15) is 0 Å². The molecule has 13 nitrogen and oxygen atoms in total. The number of ether oxygens (including phenoxy) is 3. The van der Waals surface area contributed by atoms with E-state index in [9.17, 15) is 29.6 Å². The van der Waals surface area contributed by atoms with Crippen molar-refractivity contribution < 1.29 is 38.3 Å². The Labute approximate surface area is 300 Å². The van der Waals surface area contributed by atoms with Crippen LogP contribution in [0, 0.1) is 10.1 Å². The molecular formula is C37H53N3O10Si. The molecule has 1 heterocycles. The first-order chi connectivity index (χ1) is 23.8. The van der Waals surface area contributed by atoms with Crippen LogP contribution in [0.1, 0.15) is 84.5 Å². The van der Waals surface area contributed by atoms with Gasteiger partial charge in [0.1, 0.15) is 5.60 Å². The van der Waals surface area contributed by atoms with Crippen LogP contribution in [0.15, 0.2) is 53.3 Å². The first kappa shape index (κ1) is 41.2. The number of hydrogen-bond donors (Lipinski definition) is 2. The number of fused-ring (bicyclic) bond motifs is 1. The number of non-ortho nitro benzene ring substituents is 1. The fourth-order valence-electron chi connectivity index (χ4n) is 5.11. The summed E-state index contributed by atoms with van der Waals surface area (Å²) in [5.74, 6) is 0.109. The highest BCUT2D eigenvalue weighted by molar-refractivity contribution is 6.74. The quantitative estimate of drug-likeness (QED) is 0.0343. The van der Waals surface area contributed by atoms with Crippen molar-refractivity contribution in [3.63, 3.8) is 0 Å². The van der Waals surface area contributed by atoms with E-state index in [2.05, 4.69) is 38.8 Å². The lowest BCUT2D eigenvalue weighted by molar-refractivity contribution is -0.384. The third kappa shape index (κ3) is 12.8. The molecule has 2 N–H and O–H groups in total. The topological polar surface area (TPSA) is 171 Å². The van der Waals surface area contributed by atoms with Gasteiger partial charge in [0.2, 0.25) is 5.56 Å². The molecular weight excluding hydrogens is 675 g/mol. The predicted molar refractivity (Wildman–Crippen MR) is 198 cm³/mol. The van der Waals surface area contributed by atoms with E-state index in [0.29, 0.717) is 43.5 Å². The molecule has 0 saturated heterocycles. The van der Waals surface area contributed by atoms with Gasteiger partial charge in [-0.05, 0) is 81.4 Å². The van der Waals surface area contributed by atoms with Crippen LogP contribution in [-0.2, 0) is 20.3 Å². The number of benzene rings is 2. The van der Waals surface area contributed by atoms with Crippen molar-refractivity contribution in [3.05, 3.63) is 80.1 Å². The molecule has 0 spiro atoms. The maximum Gasteiger partial charge on any atom is 0.514 e. The summed E-state index contributed by atoms with van der Waals surface area (Å²) in [4.78, 5) is 52.1. The minimum Gasteiger partial charge on any atom is -0.465 e. The highest BCUT2D eigenvalue weighted by atomic mass is 28.4. The Balaban J connectivity index is 1.69. The molecule has 1 atom stereocenters. The number of hydrogen-bond acceptors (Lipinski definition) is 9. The third-order valence-electron chi connectivity index (χ3n) is 8.87.